The standard InChI is InChI=1S/C21H21NO3/c1-14-12-16-7-4-9-18(20(16)25-14)21(23)22-11-5-10-19(22)15-6-3-8-17(13-15)24-2/h3-4,6-9,12-13,19H,5,10-11H2,1-2H3. The lowest BCUT2D eigenvalue weighted by molar-refractivity contribution is 0.0736. The van der Waals surface area contributed by atoms with E-state index in [1.165, 1.54) is 0 Å². The molecule has 0 N–H and O–H groups in total. The fraction of sp³-hybridized carbons (Fsp3) is 0.286. The smallest absolute Gasteiger partial charge is 0.258 e. The molecule has 1 aliphatic rings. The molecule has 1 atom stereocenters. The number of rotatable bonds is 3. The molecule has 0 aliphatic carbocycles. The zero-order valence-electron chi connectivity index (χ0n) is 14.5. The van der Waals surface area contributed by atoms with Crippen LogP contribution in [0.2, 0.25) is 0 Å². The summed E-state index contributed by atoms with van der Waals surface area (Å²) in [6.07, 6.45) is 1.97. The van der Waals surface area contributed by atoms with E-state index in [-0.39, 0.29) is 11.9 Å². The minimum Gasteiger partial charge on any atom is -0.497 e. The molecule has 128 valence electrons. The van der Waals surface area contributed by atoms with Gasteiger partial charge in [0.15, 0.2) is 0 Å². The number of fused-ring (bicyclic) bond motifs is 1. The second kappa shape index (κ2) is 6.28. The van der Waals surface area contributed by atoms with Crippen molar-refractivity contribution < 1.29 is 13.9 Å². The van der Waals surface area contributed by atoms with Crippen LogP contribution >= 0.6 is 0 Å². The average Bonchev–Trinajstić information content (AvgIpc) is 3.26. The van der Waals surface area contributed by atoms with E-state index < -0.39 is 0 Å². The lowest BCUT2D eigenvalue weighted by atomic mass is 10.0. The first-order valence-corrected chi connectivity index (χ1v) is 8.61. The number of benzene rings is 2. The molecule has 25 heavy (non-hydrogen) atoms. The Morgan fingerprint density at radius 3 is 2.88 bits per heavy atom. The van der Waals surface area contributed by atoms with E-state index in [2.05, 4.69) is 6.07 Å². The minimum absolute atomic E-state index is 0.0327. The Balaban J connectivity index is 1.70. The van der Waals surface area contributed by atoms with Crippen LogP contribution in [0.5, 0.6) is 5.75 Å². The fourth-order valence-electron chi connectivity index (χ4n) is 3.72. The molecule has 4 heteroatoms. The normalized spacial score (nSPS) is 17.2. The Morgan fingerprint density at radius 1 is 1.20 bits per heavy atom. The minimum atomic E-state index is 0.0327. The molecule has 4 rings (SSSR count). The predicted molar refractivity (Wildman–Crippen MR) is 97.0 cm³/mol. The van der Waals surface area contributed by atoms with Gasteiger partial charge in [0.1, 0.15) is 17.1 Å². The molecule has 2 heterocycles. The maximum absolute atomic E-state index is 13.2. The summed E-state index contributed by atoms with van der Waals surface area (Å²) < 4.78 is 11.1. The van der Waals surface area contributed by atoms with Gasteiger partial charge in [0.05, 0.1) is 18.7 Å². The SMILES string of the molecule is COc1cccc(C2CCCN2C(=O)c2cccc3cc(C)oc23)c1. The highest BCUT2D eigenvalue weighted by atomic mass is 16.5. The van der Waals surface area contributed by atoms with E-state index >= 15 is 0 Å². The molecule has 3 aromatic rings. The number of para-hydroxylation sites is 1. The van der Waals surface area contributed by atoms with Crippen LogP contribution in [0.3, 0.4) is 0 Å². The van der Waals surface area contributed by atoms with Gasteiger partial charge in [-0.05, 0) is 49.6 Å². The van der Waals surface area contributed by atoms with E-state index in [0.717, 1.165) is 41.8 Å². The van der Waals surface area contributed by atoms with Crippen molar-refractivity contribution in [2.24, 2.45) is 0 Å². The Hall–Kier alpha value is -2.75. The van der Waals surface area contributed by atoms with Gasteiger partial charge < -0.3 is 14.1 Å². The largest absolute Gasteiger partial charge is 0.497 e. The molecule has 0 spiro atoms. The lowest BCUT2D eigenvalue weighted by Crippen LogP contribution is -2.30. The van der Waals surface area contributed by atoms with Crippen LogP contribution < -0.4 is 4.74 Å². The molecule has 1 aliphatic heterocycles. The molecule has 1 aromatic heterocycles. The van der Waals surface area contributed by atoms with Crippen LogP contribution in [0.25, 0.3) is 11.0 Å². The molecule has 1 fully saturated rings. The van der Waals surface area contributed by atoms with Gasteiger partial charge in [0.25, 0.3) is 5.91 Å². The van der Waals surface area contributed by atoms with Crippen molar-refractivity contribution in [2.45, 2.75) is 25.8 Å². The van der Waals surface area contributed by atoms with Crippen molar-refractivity contribution in [3.63, 3.8) is 0 Å². The predicted octanol–water partition coefficient (Wildman–Crippen LogP) is 4.73. The molecule has 1 amide bonds. The summed E-state index contributed by atoms with van der Waals surface area (Å²) in [6, 6.07) is 15.8. The molecule has 0 radical (unpaired) electrons. The highest BCUT2D eigenvalue weighted by molar-refractivity contribution is 6.05. The number of amides is 1. The molecule has 1 saturated heterocycles. The maximum Gasteiger partial charge on any atom is 0.258 e. The van der Waals surface area contributed by atoms with Crippen LogP contribution in [0.4, 0.5) is 0 Å². The number of furan rings is 1. The van der Waals surface area contributed by atoms with E-state index in [0.29, 0.717) is 11.1 Å². The summed E-state index contributed by atoms with van der Waals surface area (Å²) in [5, 5.41) is 0.973. The summed E-state index contributed by atoms with van der Waals surface area (Å²) in [7, 11) is 1.66. The van der Waals surface area contributed by atoms with Crippen LogP contribution in [-0.4, -0.2) is 24.5 Å². The molecule has 4 nitrogen and oxygen atoms in total. The van der Waals surface area contributed by atoms with Crippen LogP contribution in [0.15, 0.2) is 52.9 Å². The third kappa shape index (κ3) is 2.78. The Morgan fingerprint density at radius 2 is 2.04 bits per heavy atom. The van der Waals surface area contributed by atoms with E-state index in [4.69, 9.17) is 9.15 Å². The zero-order chi connectivity index (χ0) is 17.4. The maximum atomic E-state index is 13.2. The van der Waals surface area contributed by atoms with Crippen molar-refractivity contribution in [1.29, 1.82) is 0 Å². The molecule has 2 aromatic carbocycles. The summed E-state index contributed by atoms with van der Waals surface area (Å²) in [4.78, 5) is 15.2. The number of carbonyl (C=O) groups excluding carboxylic acids is 1. The van der Waals surface area contributed by atoms with Gasteiger partial charge in [0, 0.05) is 11.9 Å². The number of methoxy groups -OCH3 is 1. The highest BCUT2D eigenvalue weighted by Gasteiger charge is 2.32. The van der Waals surface area contributed by atoms with Gasteiger partial charge in [-0.3, -0.25) is 4.79 Å². The number of likely N-dealkylation sites (tertiary alicyclic amines) is 1. The summed E-state index contributed by atoms with van der Waals surface area (Å²) >= 11 is 0. The first-order valence-electron chi connectivity index (χ1n) is 8.61. The number of hydrogen-bond acceptors (Lipinski definition) is 3. The third-order valence-corrected chi connectivity index (χ3v) is 4.89. The van der Waals surface area contributed by atoms with Crippen molar-refractivity contribution in [3.8, 4) is 5.75 Å². The van der Waals surface area contributed by atoms with Crippen molar-refractivity contribution >= 4 is 16.9 Å². The molecular weight excluding hydrogens is 314 g/mol. The van der Waals surface area contributed by atoms with Crippen LogP contribution in [0, 0.1) is 6.92 Å². The molecule has 0 bridgehead atoms. The highest BCUT2D eigenvalue weighted by Crippen LogP contribution is 2.35. The molecule has 1 unspecified atom stereocenters. The van der Waals surface area contributed by atoms with E-state index in [1.807, 2.05) is 54.3 Å². The molecule has 0 saturated carbocycles. The van der Waals surface area contributed by atoms with Crippen molar-refractivity contribution in [2.75, 3.05) is 13.7 Å². The topological polar surface area (TPSA) is 42.7 Å². The number of aryl methyl sites for hydroxylation is 1. The third-order valence-electron chi connectivity index (χ3n) is 4.89. The average molecular weight is 335 g/mol. The first-order chi connectivity index (χ1) is 12.2. The van der Waals surface area contributed by atoms with E-state index in [1.54, 1.807) is 7.11 Å². The zero-order valence-corrected chi connectivity index (χ0v) is 14.5. The lowest BCUT2D eigenvalue weighted by Gasteiger charge is -2.25. The number of hydrogen-bond donors (Lipinski definition) is 0. The van der Waals surface area contributed by atoms with Gasteiger partial charge in [-0.25, -0.2) is 0 Å². The van der Waals surface area contributed by atoms with Crippen LogP contribution in [0.1, 0.15) is 40.6 Å². The Kier molecular flexibility index (Phi) is 3.96. The fourth-order valence-corrected chi connectivity index (χ4v) is 3.72. The molecular formula is C21H21NO3. The van der Waals surface area contributed by atoms with Gasteiger partial charge >= 0.3 is 0 Å². The first kappa shape index (κ1) is 15.8. The van der Waals surface area contributed by atoms with Crippen molar-refractivity contribution in [3.05, 3.63) is 65.4 Å². The number of nitrogens with zero attached hydrogens (tertiary/aromatic N) is 1. The van der Waals surface area contributed by atoms with Crippen LogP contribution in [-0.2, 0) is 0 Å². The van der Waals surface area contributed by atoms with Crippen molar-refractivity contribution in [1.82, 2.24) is 4.90 Å². The summed E-state index contributed by atoms with van der Waals surface area (Å²) in [6.45, 7) is 2.67. The van der Waals surface area contributed by atoms with Gasteiger partial charge in [-0.15, -0.1) is 0 Å². The second-order valence-electron chi connectivity index (χ2n) is 6.51. The van der Waals surface area contributed by atoms with E-state index in [9.17, 15) is 4.79 Å². The van der Waals surface area contributed by atoms with Gasteiger partial charge in [-0.2, -0.15) is 0 Å². The Bertz CT molecular complexity index is 928. The van der Waals surface area contributed by atoms with Gasteiger partial charge in [0.2, 0.25) is 0 Å². The monoisotopic (exact) mass is 335 g/mol. The second-order valence-corrected chi connectivity index (χ2v) is 6.51. The number of ether oxygens (including phenoxy) is 1. The van der Waals surface area contributed by atoms with Gasteiger partial charge in [-0.1, -0.05) is 24.3 Å². The quantitative estimate of drug-likeness (QED) is 0.695. The summed E-state index contributed by atoms with van der Waals surface area (Å²) in [5.74, 6) is 1.67. The Labute approximate surface area is 147 Å². The summed E-state index contributed by atoms with van der Waals surface area (Å²) in [5.41, 5.74) is 2.44. The number of carbonyl (C=O) groups is 1.